The van der Waals surface area contributed by atoms with E-state index in [1.54, 1.807) is 0 Å². The molecule has 0 aliphatic heterocycles. The first-order chi connectivity index (χ1) is 7.99. The highest BCUT2D eigenvalue weighted by Crippen LogP contribution is 2.16. The van der Waals surface area contributed by atoms with Crippen LogP contribution in [0, 0.1) is 5.92 Å². The Morgan fingerprint density at radius 1 is 1.18 bits per heavy atom. The number of aliphatic hydroxyl groups excluding tert-OH is 1. The highest BCUT2D eigenvalue weighted by atomic mass is 16.3. The van der Waals surface area contributed by atoms with Gasteiger partial charge in [-0.3, -0.25) is 0 Å². The summed E-state index contributed by atoms with van der Waals surface area (Å²) in [6.07, 6.45) is 0.655. The molecule has 2 nitrogen and oxygen atoms in total. The second kappa shape index (κ2) is 6.77. The van der Waals surface area contributed by atoms with Crippen LogP contribution in [0.25, 0.3) is 0 Å². The lowest BCUT2D eigenvalue weighted by molar-refractivity contribution is 0.171. The van der Waals surface area contributed by atoms with E-state index >= 15 is 0 Å². The molecule has 2 N–H and O–H groups in total. The fourth-order valence-corrected chi connectivity index (χ4v) is 1.86. The van der Waals surface area contributed by atoms with Gasteiger partial charge in [-0.25, -0.2) is 0 Å². The summed E-state index contributed by atoms with van der Waals surface area (Å²) in [5.74, 6) is 0.649. The van der Waals surface area contributed by atoms with E-state index in [9.17, 15) is 5.11 Å². The van der Waals surface area contributed by atoms with Crippen molar-refractivity contribution in [2.45, 2.75) is 46.3 Å². The molecule has 96 valence electrons. The Labute approximate surface area is 105 Å². The van der Waals surface area contributed by atoms with E-state index in [0.717, 1.165) is 12.0 Å². The first kappa shape index (κ1) is 14.2. The maximum atomic E-state index is 10.1. The van der Waals surface area contributed by atoms with Gasteiger partial charge in [0.25, 0.3) is 0 Å². The monoisotopic (exact) mass is 235 g/mol. The average Bonchev–Trinajstić information content (AvgIpc) is 2.25. The Kier molecular flexibility index (Phi) is 5.66. The molecule has 1 atom stereocenters. The number of hydrogen-bond donors (Lipinski definition) is 2. The normalized spacial score (nSPS) is 13.4. The number of rotatable bonds is 6. The zero-order chi connectivity index (χ0) is 12.8. The third kappa shape index (κ3) is 5.33. The standard InChI is InChI=1S/C15H25NO/c1-11(2)8-13-6-5-7-14(9-13)15(17)10-16-12(3)4/h5-7,9,11-12,15-17H,8,10H2,1-4H3. The number of aliphatic hydroxyl groups is 1. The van der Waals surface area contributed by atoms with Gasteiger partial charge < -0.3 is 10.4 Å². The minimum absolute atomic E-state index is 0.406. The van der Waals surface area contributed by atoms with E-state index in [2.05, 4.69) is 45.1 Å². The molecular formula is C15H25NO. The van der Waals surface area contributed by atoms with Gasteiger partial charge in [0.1, 0.15) is 0 Å². The molecule has 1 unspecified atom stereocenters. The van der Waals surface area contributed by atoms with Gasteiger partial charge in [0.05, 0.1) is 6.10 Å². The predicted molar refractivity (Wildman–Crippen MR) is 73.1 cm³/mol. The lowest BCUT2D eigenvalue weighted by Crippen LogP contribution is -2.27. The van der Waals surface area contributed by atoms with Gasteiger partial charge in [-0.1, -0.05) is 52.0 Å². The first-order valence-corrected chi connectivity index (χ1v) is 6.49. The van der Waals surface area contributed by atoms with Crippen molar-refractivity contribution in [3.8, 4) is 0 Å². The summed E-state index contributed by atoms with van der Waals surface area (Å²) in [6, 6.07) is 8.68. The van der Waals surface area contributed by atoms with Crippen LogP contribution in [0.4, 0.5) is 0 Å². The summed E-state index contributed by atoms with van der Waals surface area (Å²) in [7, 11) is 0. The van der Waals surface area contributed by atoms with Crippen LogP contribution in [0.5, 0.6) is 0 Å². The van der Waals surface area contributed by atoms with Crippen LogP contribution in [0.15, 0.2) is 24.3 Å². The molecular weight excluding hydrogens is 210 g/mol. The SMILES string of the molecule is CC(C)Cc1cccc(C(O)CNC(C)C)c1. The van der Waals surface area contributed by atoms with E-state index in [1.807, 2.05) is 12.1 Å². The van der Waals surface area contributed by atoms with Crippen molar-refractivity contribution >= 4 is 0 Å². The Hall–Kier alpha value is -0.860. The van der Waals surface area contributed by atoms with E-state index in [-0.39, 0.29) is 0 Å². The molecule has 0 radical (unpaired) electrons. The van der Waals surface area contributed by atoms with Gasteiger partial charge in [0, 0.05) is 12.6 Å². The average molecular weight is 235 g/mol. The van der Waals surface area contributed by atoms with E-state index in [1.165, 1.54) is 5.56 Å². The van der Waals surface area contributed by atoms with E-state index in [0.29, 0.717) is 18.5 Å². The molecule has 0 aliphatic carbocycles. The number of hydrogen-bond acceptors (Lipinski definition) is 2. The molecule has 0 fully saturated rings. The fraction of sp³-hybridized carbons (Fsp3) is 0.600. The molecule has 0 bridgehead atoms. The van der Waals surface area contributed by atoms with Crippen molar-refractivity contribution in [3.63, 3.8) is 0 Å². The zero-order valence-electron chi connectivity index (χ0n) is 11.4. The van der Waals surface area contributed by atoms with E-state index in [4.69, 9.17) is 0 Å². The number of nitrogens with one attached hydrogen (secondary N) is 1. The van der Waals surface area contributed by atoms with Crippen molar-refractivity contribution in [1.29, 1.82) is 0 Å². The second-order valence-electron chi connectivity index (χ2n) is 5.42. The zero-order valence-corrected chi connectivity index (χ0v) is 11.4. The topological polar surface area (TPSA) is 32.3 Å². The molecule has 1 aromatic carbocycles. The van der Waals surface area contributed by atoms with Crippen LogP contribution in [-0.4, -0.2) is 17.7 Å². The summed E-state index contributed by atoms with van der Waals surface area (Å²) in [4.78, 5) is 0. The molecule has 0 heterocycles. The van der Waals surface area contributed by atoms with Crippen LogP contribution >= 0.6 is 0 Å². The van der Waals surface area contributed by atoms with Crippen molar-refractivity contribution in [3.05, 3.63) is 35.4 Å². The highest BCUT2D eigenvalue weighted by molar-refractivity contribution is 5.25. The Morgan fingerprint density at radius 3 is 2.47 bits per heavy atom. The van der Waals surface area contributed by atoms with E-state index < -0.39 is 6.10 Å². The second-order valence-corrected chi connectivity index (χ2v) is 5.42. The Morgan fingerprint density at radius 2 is 1.88 bits per heavy atom. The number of benzene rings is 1. The van der Waals surface area contributed by atoms with Crippen molar-refractivity contribution in [2.24, 2.45) is 5.92 Å². The molecule has 0 amide bonds. The third-order valence-corrected chi connectivity index (χ3v) is 2.70. The summed E-state index contributed by atoms with van der Waals surface area (Å²) in [5.41, 5.74) is 2.32. The summed E-state index contributed by atoms with van der Waals surface area (Å²) >= 11 is 0. The fourth-order valence-electron chi connectivity index (χ4n) is 1.86. The smallest absolute Gasteiger partial charge is 0.0914 e. The minimum atomic E-state index is -0.412. The van der Waals surface area contributed by atoms with Gasteiger partial charge in [0.2, 0.25) is 0 Å². The third-order valence-electron chi connectivity index (χ3n) is 2.70. The molecule has 2 heteroatoms. The quantitative estimate of drug-likeness (QED) is 0.794. The van der Waals surface area contributed by atoms with Crippen molar-refractivity contribution < 1.29 is 5.11 Å². The van der Waals surface area contributed by atoms with Crippen molar-refractivity contribution in [1.82, 2.24) is 5.32 Å². The molecule has 1 aromatic rings. The molecule has 0 saturated heterocycles. The summed E-state index contributed by atoms with van der Waals surface area (Å²) in [5, 5.41) is 13.3. The van der Waals surface area contributed by atoms with Gasteiger partial charge in [-0.05, 0) is 23.5 Å². The van der Waals surface area contributed by atoms with Crippen LogP contribution in [0.1, 0.15) is 44.9 Å². The summed E-state index contributed by atoms with van der Waals surface area (Å²) < 4.78 is 0. The first-order valence-electron chi connectivity index (χ1n) is 6.49. The summed E-state index contributed by atoms with van der Waals surface area (Å²) in [6.45, 7) is 9.21. The van der Waals surface area contributed by atoms with Crippen LogP contribution in [0.2, 0.25) is 0 Å². The Balaban J connectivity index is 2.63. The highest BCUT2D eigenvalue weighted by Gasteiger charge is 2.08. The van der Waals surface area contributed by atoms with Gasteiger partial charge in [0.15, 0.2) is 0 Å². The van der Waals surface area contributed by atoms with Crippen LogP contribution in [-0.2, 0) is 6.42 Å². The lowest BCUT2D eigenvalue weighted by atomic mass is 9.99. The molecule has 0 aliphatic rings. The largest absolute Gasteiger partial charge is 0.387 e. The maximum Gasteiger partial charge on any atom is 0.0914 e. The minimum Gasteiger partial charge on any atom is -0.387 e. The van der Waals surface area contributed by atoms with Gasteiger partial charge in [-0.15, -0.1) is 0 Å². The molecule has 0 spiro atoms. The lowest BCUT2D eigenvalue weighted by Gasteiger charge is -2.15. The molecule has 0 aromatic heterocycles. The molecule has 17 heavy (non-hydrogen) atoms. The molecule has 0 saturated carbocycles. The Bertz CT molecular complexity index is 333. The van der Waals surface area contributed by atoms with Crippen LogP contribution < -0.4 is 5.32 Å². The predicted octanol–water partition coefficient (Wildman–Crippen LogP) is 2.92. The van der Waals surface area contributed by atoms with Crippen molar-refractivity contribution in [2.75, 3.05) is 6.54 Å². The van der Waals surface area contributed by atoms with Gasteiger partial charge >= 0.3 is 0 Å². The molecule has 1 rings (SSSR count). The van der Waals surface area contributed by atoms with Crippen LogP contribution in [0.3, 0.4) is 0 Å². The van der Waals surface area contributed by atoms with Gasteiger partial charge in [-0.2, -0.15) is 0 Å². The maximum absolute atomic E-state index is 10.1.